The number of hydrogen-bond acceptors (Lipinski definition) is 5. The number of ether oxygens (including phenoxy) is 2. The van der Waals surface area contributed by atoms with Crippen LogP contribution in [0, 0.1) is 0 Å². The lowest BCUT2D eigenvalue weighted by molar-refractivity contribution is -0.122. The number of fused-ring (bicyclic) bond motifs is 1. The minimum Gasteiger partial charge on any atom is -0.454 e. The number of hydrogen-bond donors (Lipinski definition) is 3. The number of nitrogens with one attached hydrogen (secondary N) is 2. The molecule has 2 amide bonds. The molecule has 0 saturated carbocycles. The molecule has 1 aromatic rings. The third-order valence-corrected chi connectivity index (χ3v) is 2.66. The van der Waals surface area contributed by atoms with Gasteiger partial charge in [0.15, 0.2) is 11.5 Å². The number of aliphatic hydroxyl groups is 1. The average molecular weight is 292 g/mol. The molecular formula is C14H16N2O5. The van der Waals surface area contributed by atoms with Crippen molar-refractivity contribution in [1.82, 2.24) is 10.6 Å². The van der Waals surface area contributed by atoms with Crippen LogP contribution in [-0.2, 0) is 9.59 Å². The summed E-state index contributed by atoms with van der Waals surface area (Å²) in [5, 5.41) is 13.7. The summed E-state index contributed by atoms with van der Waals surface area (Å²) in [4.78, 5) is 23.1. The Bertz CT molecular complexity index is 583. The Labute approximate surface area is 121 Å². The summed E-state index contributed by atoms with van der Waals surface area (Å²) >= 11 is 0. The standard InChI is InChI=1S/C14H16N2O5/c1-9(18)16-11(14(19)15-4-5-17)6-10-2-3-12-13(7-10)21-8-20-12/h2-3,6-7,17H,4-5,8H2,1H3,(H,15,19)(H,16,18)/b11-6+. The highest BCUT2D eigenvalue weighted by molar-refractivity contribution is 6.00. The van der Waals surface area contributed by atoms with Crippen LogP contribution in [-0.4, -0.2) is 36.9 Å². The largest absolute Gasteiger partial charge is 0.454 e. The molecule has 0 unspecified atom stereocenters. The highest BCUT2D eigenvalue weighted by atomic mass is 16.7. The monoisotopic (exact) mass is 292 g/mol. The predicted molar refractivity (Wildman–Crippen MR) is 74.5 cm³/mol. The molecule has 7 heteroatoms. The van der Waals surface area contributed by atoms with E-state index in [1.807, 2.05) is 0 Å². The zero-order valence-corrected chi connectivity index (χ0v) is 11.5. The minimum absolute atomic E-state index is 0.0924. The van der Waals surface area contributed by atoms with Crippen molar-refractivity contribution in [2.75, 3.05) is 19.9 Å². The minimum atomic E-state index is -0.475. The lowest BCUT2D eigenvalue weighted by atomic mass is 10.1. The molecule has 2 rings (SSSR count). The molecule has 1 aromatic carbocycles. The number of rotatable bonds is 5. The number of benzene rings is 1. The predicted octanol–water partition coefficient (Wildman–Crippen LogP) is 0.000800. The van der Waals surface area contributed by atoms with Crippen LogP contribution in [0.5, 0.6) is 11.5 Å². The van der Waals surface area contributed by atoms with Crippen LogP contribution >= 0.6 is 0 Å². The Morgan fingerprint density at radius 2 is 2.10 bits per heavy atom. The van der Waals surface area contributed by atoms with Gasteiger partial charge in [0.25, 0.3) is 5.91 Å². The zero-order chi connectivity index (χ0) is 15.2. The fourth-order valence-electron chi connectivity index (χ4n) is 1.78. The van der Waals surface area contributed by atoms with Gasteiger partial charge in [0.2, 0.25) is 12.7 Å². The first-order chi connectivity index (χ1) is 10.1. The highest BCUT2D eigenvalue weighted by Crippen LogP contribution is 2.32. The molecule has 1 aliphatic rings. The van der Waals surface area contributed by atoms with Gasteiger partial charge in [-0.3, -0.25) is 9.59 Å². The van der Waals surface area contributed by atoms with E-state index >= 15 is 0 Å². The van der Waals surface area contributed by atoms with Gasteiger partial charge in [-0.2, -0.15) is 0 Å². The Hall–Kier alpha value is -2.54. The molecule has 0 bridgehead atoms. The maximum atomic E-state index is 11.9. The van der Waals surface area contributed by atoms with E-state index < -0.39 is 5.91 Å². The number of carbonyl (C=O) groups excluding carboxylic acids is 2. The van der Waals surface area contributed by atoms with Crippen molar-refractivity contribution in [2.45, 2.75) is 6.92 Å². The third-order valence-electron chi connectivity index (χ3n) is 2.66. The normalized spacial score (nSPS) is 13.0. The molecule has 3 N–H and O–H groups in total. The van der Waals surface area contributed by atoms with Gasteiger partial charge >= 0.3 is 0 Å². The van der Waals surface area contributed by atoms with E-state index in [4.69, 9.17) is 14.6 Å². The van der Waals surface area contributed by atoms with Gasteiger partial charge in [-0.25, -0.2) is 0 Å². The summed E-state index contributed by atoms with van der Waals surface area (Å²) in [6.07, 6.45) is 1.52. The molecule has 0 fully saturated rings. The van der Waals surface area contributed by atoms with Crippen LogP contribution in [0.2, 0.25) is 0 Å². The Balaban J connectivity index is 2.22. The van der Waals surface area contributed by atoms with Crippen LogP contribution in [0.1, 0.15) is 12.5 Å². The lowest BCUT2D eigenvalue weighted by Gasteiger charge is -2.09. The molecule has 0 aliphatic carbocycles. The molecule has 0 spiro atoms. The first-order valence-corrected chi connectivity index (χ1v) is 6.38. The molecule has 1 heterocycles. The summed E-state index contributed by atoms with van der Waals surface area (Å²) in [6.45, 7) is 1.41. The van der Waals surface area contributed by atoms with E-state index in [0.717, 1.165) is 0 Å². The van der Waals surface area contributed by atoms with Crippen molar-refractivity contribution < 1.29 is 24.2 Å². The van der Waals surface area contributed by atoms with Crippen LogP contribution in [0.3, 0.4) is 0 Å². The maximum absolute atomic E-state index is 11.9. The second-order valence-corrected chi connectivity index (χ2v) is 4.33. The Morgan fingerprint density at radius 1 is 1.33 bits per heavy atom. The van der Waals surface area contributed by atoms with Crippen LogP contribution < -0.4 is 20.1 Å². The van der Waals surface area contributed by atoms with Crippen molar-refractivity contribution >= 4 is 17.9 Å². The topological polar surface area (TPSA) is 96.9 Å². The van der Waals surface area contributed by atoms with Gasteiger partial charge in [-0.1, -0.05) is 6.07 Å². The van der Waals surface area contributed by atoms with Crippen molar-refractivity contribution in [2.24, 2.45) is 0 Å². The van der Waals surface area contributed by atoms with E-state index in [9.17, 15) is 9.59 Å². The first kappa shape index (κ1) is 14.9. The van der Waals surface area contributed by atoms with Gasteiger partial charge in [0.1, 0.15) is 5.70 Å². The number of carbonyl (C=O) groups is 2. The molecular weight excluding hydrogens is 276 g/mol. The molecule has 0 aromatic heterocycles. The van der Waals surface area contributed by atoms with E-state index in [1.54, 1.807) is 18.2 Å². The molecule has 0 atom stereocenters. The average Bonchev–Trinajstić information content (AvgIpc) is 2.91. The molecule has 112 valence electrons. The lowest BCUT2D eigenvalue weighted by Crippen LogP contribution is -2.35. The summed E-state index contributed by atoms with van der Waals surface area (Å²) in [6, 6.07) is 5.18. The van der Waals surface area contributed by atoms with Crippen LogP contribution in [0.15, 0.2) is 23.9 Å². The second kappa shape index (κ2) is 6.76. The van der Waals surface area contributed by atoms with Gasteiger partial charge in [-0.05, 0) is 23.8 Å². The van der Waals surface area contributed by atoms with Crippen LogP contribution in [0.25, 0.3) is 6.08 Å². The maximum Gasteiger partial charge on any atom is 0.267 e. The van der Waals surface area contributed by atoms with E-state index in [2.05, 4.69) is 10.6 Å². The highest BCUT2D eigenvalue weighted by Gasteiger charge is 2.14. The van der Waals surface area contributed by atoms with E-state index in [-0.39, 0.29) is 31.5 Å². The van der Waals surface area contributed by atoms with Crippen molar-refractivity contribution in [3.8, 4) is 11.5 Å². The quantitative estimate of drug-likeness (QED) is 0.664. The second-order valence-electron chi connectivity index (χ2n) is 4.33. The van der Waals surface area contributed by atoms with Gasteiger partial charge < -0.3 is 25.2 Å². The van der Waals surface area contributed by atoms with Crippen molar-refractivity contribution in [3.63, 3.8) is 0 Å². The van der Waals surface area contributed by atoms with Gasteiger partial charge in [-0.15, -0.1) is 0 Å². The fraction of sp³-hybridized carbons (Fsp3) is 0.286. The smallest absolute Gasteiger partial charge is 0.267 e. The fourth-order valence-corrected chi connectivity index (χ4v) is 1.78. The van der Waals surface area contributed by atoms with Crippen molar-refractivity contribution in [1.29, 1.82) is 0 Å². The number of aliphatic hydroxyl groups excluding tert-OH is 1. The molecule has 0 radical (unpaired) electrons. The summed E-state index contributed by atoms with van der Waals surface area (Å²) in [5.74, 6) is 0.387. The summed E-state index contributed by atoms with van der Waals surface area (Å²) < 4.78 is 10.5. The molecule has 7 nitrogen and oxygen atoms in total. The molecule has 0 saturated heterocycles. The SMILES string of the molecule is CC(=O)N/C(=C/c1ccc2c(c1)OCO2)C(=O)NCCO. The van der Waals surface area contributed by atoms with Gasteiger partial charge in [0, 0.05) is 13.5 Å². The van der Waals surface area contributed by atoms with Crippen molar-refractivity contribution in [3.05, 3.63) is 29.5 Å². The number of amides is 2. The summed E-state index contributed by atoms with van der Waals surface area (Å²) in [5.41, 5.74) is 0.775. The van der Waals surface area contributed by atoms with E-state index in [0.29, 0.717) is 17.1 Å². The Kier molecular flexibility index (Phi) is 4.78. The van der Waals surface area contributed by atoms with Gasteiger partial charge in [0.05, 0.1) is 6.61 Å². The molecule has 1 aliphatic heterocycles. The Morgan fingerprint density at radius 3 is 2.81 bits per heavy atom. The third kappa shape index (κ3) is 3.96. The molecule has 21 heavy (non-hydrogen) atoms. The summed E-state index contributed by atoms with van der Waals surface area (Å²) in [7, 11) is 0. The first-order valence-electron chi connectivity index (χ1n) is 6.38. The zero-order valence-electron chi connectivity index (χ0n) is 11.5. The van der Waals surface area contributed by atoms with Crippen LogP contribution in [0.4, 0.5) is 0 Å². The van der Waals surface area contributed by atoms with E-state index in [1.165, 1.54) is 13.0 Å².